The average Bonchev–Trinajstić information content (AvgIpc) is 2.38. The number of hydrogen-bond acceptors (Lipinski definition) is 3. The quantitative estimate of drug-likeness (QED) is 0.749. The molecule has 0 amide bonds. The Balaban J connectivity index is 1.92. The zero-order valence-electron chi connectivity index (χ0n) is 10.3. The van der Waals surface area contributed by atoms with Crippen molar-refractivity contribution in [2.45, 2.75) is 44.2 Å². The standard InChI is InChI=1S/C14H22N2O/c15-10-12-5-4-6-13(9-12)16-11-14(17)7-2-1-3-8-14/h4-6,9,16-17H,1-3,7-8,10-11,15H2. The van der Waals surface area contributed by atoms with Crippen LogP contribution in [-0.4, -0.2) is 17.3 Å². The normalized spacial score (nSPS) is 18.9. The molecule has 3 heteroatoms. The summed E-state index contributed by atoms with van der Waals surface area (Å²) in [5.74, 6) is 0. The van der Waals surface area contributed by atoms with E-state index in [1.807, 2.05) is 24.3 Å². The molecule has 1 fully saturated rings. The number of nitrogens with one attached hydrogen (secondary N) is 1. The molecule has 94 valence electrons. The summed E-state index contributed by atoms with van der Waals surface area (Å²) in [6, 6.07) is 8.08. The van der Waals surface area contributed by atoms with Gasteiger partial charge in [-0.3, -0.25) is 0 Å². The fraction of sp³-hybridized carbons (Fsp3) is 0.571. The van der Waals surface area contributed by atoms with Crippen LogP contribution in [0.15, 0.2) is 24.3 Å². The molecule has 0 radical (unpaired) electrons. The van der Waals surface area contributed by atoms with E-state index in [1.54, 1.807) is 0 Å². The second-order valence-corrected chi connectivity index (χ2v) is 5.04. The van der Waals surface area contributed by atoms with Crippen LogP contribution in [0.4, 0.5) is 5.69 Å². The van der Waals surface area contributed by atoms with Crippen molar-refractivity contribution in [2.24, 2.45) is 5.73 Å². The van der Waals surface area contributed by atoms with Gasteiger partial charge in [-0.15, -0.1) is 0 Å². The molecule has 2 rings (SSSR count). The summed E-state index contributed by atoms with van der Waals surface area (Å²) in [4.78, 5) is 0. The van der Waals surface area contributed by atoms with E-state index in [1.165, 1.54) is 6.42 Å². The van der Waals surface area contributed by atoms with Crippen LogP contribution in [0.1, 0.15) is 37.7 Å². The lowest BCUT2D eigenvalue weighted by Crippen LogP contribution is -2.38. The van der Waals surface area contributed by atoms with Gasteiger partial charge in [-0.25, -0.2) is 0 Å². The molecule has 1 saturated carbocycles. The molecular formula is C14H22N2O. The van der Waals surface area contributed by atoms with E-state index in [2.05, 4.69) is 5.32 Å². The molecule has 4 N–H and O–H groups in total. The number of benzene rings is 1. The second-order valence-electron chi connectivity index (χ2n) is 5.04. The Kier molecular flexibility index (Phi) is 4.02. The van der Waals surface area contributed by atoms with Gasteiger partial charge in [-0.2, -0.15) is 0 Å². The van der Waals surface area contributed by atoms with Crippen molar-refractivity contribution in [3.8, 4) is 0 Å². The van der Waals surface area contributed by atoms with Gasteiger partial charge in [0, 0.05) is 18.8 Å². The topological polar surface area (TPSA) is 58.3 Å². The largest absolute Gasteiger partial charge is 0.388 e. The van der Waals surface area contributed by atoms with Crippen molar-refractivity contribution >= 4 is 5.69 Å². The third kappa shape index (κ3) is 3.45. The summed E-state index contributed by atoms with van der Waals surface area (Å²) in [5, 5.41) is 13.7. The maximum Gasteiger partial charge on any atom is 0.0819 e. The first-order chi connectivity index (χ1) is 8.22. The number of nitrogens with two attached hydrogens (primary N) is 1. The first-order valence-electron chi connectivity index (χ1n) is 6.47. The summed E-state index contributed by atoms with van der Waals surface area (Å²) in [7, 11) is 0. The predicted molar refractivity (Wildman–Crippen MR) is 70.9 cm³/mol. The highest BCUT2D eigenvalue weighted by molar-refractivity contribution is 5.46. The zero-order valence-corrected chi connectivity index (χ0v) is 10.3. The van der Waals surface area contributed by atoms with Crippen LogP contribution >= 0.6 is 0 Å². The zero-order chi connectivity index (χ0) is 12.1. The van der Waals surface area contributed by atoms with Gasteiger partial charge in [0.15, 0.2) is 0 Å². The Morgan fingerprint density at radius 2 is 2.00 bits per heavy atom. The third-order valence-electron chi connectivity index (χ3n) is 3.57. The lowest BCUT2D eigenvalue weighted by Gasteiger charge is -2.32. The first kappa shape index (κ1) is 12.4. The van der Waals surface area contributed by atoms with Gasteiger partial charge in [0.2, 0.25) is 0 Å². The van der Waals surface area contributed by atoms with Gasteiger partial charge in [-0.1, -0.05) is 31.4 Å². The van der Waals surface area contributed by atoms with Gasteiger partial charge in [0.1, 0.15) is 0 Å². The van der Waals surface area contributed by atoms with Crippen molar-refractivity contribution in [1.29, 1.82) is 0 Å². The van der Waals surface area contributed by atoms with E-state index in [0.717, 1.165) is 36.9 Å². The van der Waals surface area contributed by atoms with Crippen LogP contribution in [0.2, 0.25) is 0 Å². The maximum atomic E-state index is 10.4. The molecule has 3 nitrogen and oxygen atoms in total. The van der Waals surface area contributed by atoms with Crippen LogP contribution in [0.5, 0.6) is 0 Å². The van der Waals surface area contributed by atoms with Crippen molar-refractivity contribution in [2.75, 3.05) is 11.9 Å². The third-order valence-corrected chi connectivity index (χ3v) is 3.57. The Bertz CT molecular complexity index is 359. The monoisotopic (exact) mass is 234 g/mol. The summed E-state index contributed by atoms with van der Waals surface area (Å²) in [6.45, 7) is 1.20. The van der Waals surface area contributed by atoms with Crippen LogP contribution in [0.3, 0.4) is 0 Å². The maximum absolute atomic E-state index is 10.4. The Labute approximate surface area is 103 Å². The van der Waals surface area contributed by atoms with Gasteiger partial charge >= 0.3 is 0 Å². The molecule has 0 atom stereocenters. The molecule has 1 aromatic rings. The molecule has 0 unspecified atom stereocenters. The molecule has 0 aromatic heterocycles. The highest BCUT2D eigenvalue weighted by Crippen LogP contribution is 2.28. The van der Waals surface area contributed by atoms with Gasteiger partial charge < -0.3 is 16.2 Å². The molecule has 0 aliphatic heterocycles. The van der Waals surface area contributed by atoms with E-state index >= 15 is 0 Å². The molecule has 1 aliphatic carbocycles. The van der Waals surface area contributed by atoms with Crippen LogP contribution in [-0.2, 0) is 6.54 Å². The van der Waals surface area contributed by atoms with Gasteiger partial charge in [0.25, 0.3) is 0 Å². The lowest BCUT2D eigenvalue weighted by atomic mass is 9.85. The average molecular weight is 234 g/mol. The fourth-order valence-electron chi connectivity index (χ4n) is 2.46. The predicted octanol–water partition coefficient (Wildman–Crippen LogP) is 2.25. The molecule has 1 aromatic carbocycles. The van der Waals surface area contributed by atoms with Crippen molar-refractivity contribution in [3.05, 3.63) is 29.8 Å². The van der Waals surface area contributed by atoms with Gasteiger partial charge in [0.05, 0.1) is 5.60 Å². The Morgan fingerprint density at radius 3 is 2.71 bits per heavy atom. The summed E-state index contributed by atoms with van der Waals surface area (Å²) in [5.41, 5.74) is 7.25. The van der Waals surface area contributed by atoms with Crippen LogP contribution < -0.4 is 11.1 Å². The number of rotatable bonds is 4. The van der Waals surface area contributed by atoms with Crippen molar-refractivity contribution in [3.63, 3.8) is 0 Å². The number of hydrogen-bond donors (Lipinski definition) is 3. The highest BCUT2D eigenvalue weighted by atomic mass is 16.3. The number of anilines is 1. The highest BCUT2D eigenvalue weighted by Gasteiger charge is 2.28. The molecule has 17 heavy (non-hydrogen) atoms. The molecule has 0 spiro atoms. The van der Waals surface area contributed by atoms with Crippen LogP contribution in [0, 0.1) is 0 Å². The Morgan fingerprint density at radius 1 is 1.24 bits per heavy atom. The summed E-state index contributed by atoms with van der Waals surface area (Å²) >= 11 is 0. The Hall–Kier alpha value is -1.06. The second kappa shape index (κ2) is 5.52. The van der Waals surface area contributed by atoms with E-state index in [4.69, 9.17) is 5.73 Å². The lowest BCUT2D eigenvalue weighted by molar-refractivity contribution is 0.0167. The SMILES string of the molecule is NCc1cccc(NCC2(O)CCCCC2)c1. The van der Waals surface area contributed by atoms with E-state index < -0.39 is 5.60 Å². The minimum atomic E-state index is -0.517. The van der Waals surface area contributed by atoms with Crippen molar-refractivity contribution in [1.82, 2.24) is 0 Å². The van der Waals surface area contributed by atoms with Crippen LogP contribution in [0.25, 0.3) is 0 Å². The first-order valence-corrected chi connectivity index (χ1v) is 6.47. The van der Waals surface area contributed by atoms with E-state index in [9.17, 15) is 5.11 Å². The molecule has 0 saturated heterocycles. The molecule has 1 aliphatic rings. The molecule has 0 bridgehead atoms. The minimum absolute atomic E-state index is 0.517. The number of aliphatic hydroxyl groups is 1. The molecule has 0 heterocycles. The minimum Gasteiger partial charge on any atom is -0.388 e. The van der Waals surface area contributed by atoms with Crippen molar-refractivity contribution < 1.29 is 5.11 Å². The van der Waals surface area contributed by atoms with E-state index in [-0.39, 0.29) is 0 Å². The fourth-order valence-corrected chi connectivity index (χ4v) is 2.46. The summed E-state index contributed by atoms with van der Waals surface area (Å²) < 4.78 is 0. The smallest absolute Gasteiger partial charge is 0.0819 e. The molecular weight excluding hydrogens is 212 g/mol. The summed E-state index contributed by atoms with van der Waals surface area (Å²) in [6.07, 6.45) is 5.36. The van der Waals surface area contributed by atoms with Gasteiger partial charge in [-0.05, 0) is 30.5 Å². The van der Waals surface area contributed by atoms with E-state index in [0.29, 0.717) is 13.1 Å².